The van der Waals surface area contributed by atoms with Gasteiger partial charge >= 0.3 is 0 Å². The van der Waals surface area contributed by atoms with Crippen LogP contribution < -0.4 is 5.32 Å². The number of nitrogens with zero attached hydrogens (tertiary/aromatic N) is 1. The second kappa shape index (κ2) is 5.33. The van der Waals surface area contributed by atoms with Gasteiger partial charge in [-0.25, -0.2) is 0 Å². The third kappa shape index (κ3) is 2.22. The Balaban J connectivity index is 1.93. The largest absolute Gasteiger partial charge is 0.338 e. The van der Waals surface area contributed by atoms with Crippen molar-refractivity contribution in [3.63, 3.8) is 0 Å². The van der Waals surface area contributed by atoms with Crippen molar-refractivity contribution in [1.82, 2.24) is 10.2 Å². The lowest BCUT2D eigenvalue weighted by atomic mass is 9.91. The average molecular weight is 347 g/mol. The summed E-state index contributed by atoms with van der Waals surface area (Å²) in [5.41, 5.74) is 0.948. The summed E-state index contributed by atoms with van der Waals surface area (Å²) < 4.78 is 2.38. The Hall–Kier alpha value is -2.84. The molecule has 1 aliphatic heterocycles. The maximum Gasteiger partial charge on any atom is 0.259 e. The minimum atomic E-state index is -0.908. The van der Waals surface area contributed by atoms with Crippen LogP contribution >= 0.6 is 11.3 Å². The zero-order valence-corrected chi connectivity index (χ0v) is 15.0. The summed E-state index contributed by atoms with van der Waals surface area (Å²) in [7, 11) is 1.62. The van der Waals surface area contributed by atoms with Gasteiger partial charge in [-0.3, -0.25) is 15.1 Å². The molecule has 2 N–H and O–H groups in total. The van der Waals surface area contributed by atoms with Gasteiger partial charge < -0.3 is 5.32 Å². The van der Waals surface area contributed by atoms with E-state index in [1.807, 2.05) is 26.0 Å². The first-order valence-corrected chi connectivity index (χ1v) is 8.80. The maximum absolute atomic E-state index is 12.6. The van der Waals surface area contributed by atoms with E-state index in [4.69, 9.17) is 5.41 Å². The number of fused-ring (bicyclic) bond motifs is 3. The lowest BCUT2D eigenvalue weighted by Crippen LogP contribution is -2.40. The molecule has 0 bridgehead atoms. The van der Waals surface area contributed by atoms with Crippen LogP contribution in [0, 0.1) is 17.3 Å². The molecule has 2 heterocycles. The number of benzene rings is 2. The molecule has 1 saturated heterocycles. The van der Waals surface area contributed by atoms with Gasteiger partial charge in [0.2, 0.25) is 0 Å². The van der Waals surface area contributed by atoms with Crippen molar-refractivity contribution >= 4 is 43.4 Å². The lowest BCUT2D eigenvalue weighted by molar-refractivity contribution is -0.129. The number of nitrogens with one attached hydrogen (secondary N) is 2. The fourth-order valence-electron chi connectivity index (χ4n) is 3.32. The zero-order chi connectivity index (χ0) is 17.8. The average Bonchev–Trinajstić information content (AvgIpc) is 3.06. The van der Waals surface area contributed by atoms with Crippen LogP contribution in [0.1, 0.15) is 25.0 Å². The van der Waals surface area contributed by atoms with Crippen LogP contribution in [0.5, 0.6) is 0 Å². The Morgan fingerprint density at radius 1 is 1.16 bits per heavy atom. The molecule has 0 saturated carbocycles. The molecule has 5 heteroatoms. The first-order valence-electron chi connectivity index (χ1n) is 7.98. The van der Waals surface area contributed by atoms with E-state index in [1.165, 1.54) is 14.3 Å². The summed E-state index contributed by atoms with van der Waals surface area (Å²) in [4.78, 5) is 14.0. The van der Waals surface area contributed by atoms with E-state index in [9.17, 15) is 4.79 Å². The van der Waals surface area contributed by atoms with E-state index in [0.29, 0.717) is 0 Å². The summed E-state index contributed by atoms with van der Waals surface area (Å²) in [6, 6.07) is 12.3. The SMILES string of the molecule is CC#Cc1ccc2sc3ccc([C@@]4(C)NC(=N)N(C)C4=O)cc3c2c1. The number of hydrogen-bond donors (Lipinski definition) is 2. The first kappa shape index (κ1) is 15.7. The predicted molar refractivity (Wildman–Crippen MR) is 103 cm³/mol. The van der Waals surface area contributed by atoms with Crippen molar-refractivity contribution in [2.24, 2.45) is 0 Å². The van der Waals surface area contributed by atoms with E-state index < -0.39 is 5.54 Å². The molecule has 2 aromatic carbocycles. The fraction of sp³-hybridized carbons (Fsp3) is 0.200. The molecule has 3 aromatic rings. The van der Waals surface area contributed by atoms with Crippen LogP contribution in [-0.4, -0.2) is 23.8 Å². The molecule has 0 radical (unpaired) electrons. The van der Waals surface area contributed by atoms with Gasteiger partial charge in [-0.05, 0) is 49.7 Å². The number of hydrogen-bond acceptors (Lipinski definition) is 3. The molecule has 4 nitrogen and oxygen atoms in total. The molecule has 1 aliphatic rings. The Bertz CT molecular complexity index is 1120. The predicted octanol–water partition coefficient (Wildman–Crippen LogP) is 3.64. The van der Waals surface area contributed by atoms with E-state index in [-0.39, 0.29) is 11.9 Å². The highest BCUT2D eigenvalue weighted by Gasteiger charge is 2.45. The van der Waals surface area contributed by atoms with E-state index >= 15 is 0 Å². The second-order valence-electron chi connectivity index (χ2n) is 6.36. The Kier molecular flexibility index (Phi) is 3.34. The summed E-state index contributed by atoms with van der Waals surface area (Å²) in [5, 5.41) is 13.2. The van der Waals surface area contributed by atoms with E-state index in [2.05, 4.69) is 41.4 Å². The molecule has 0 spiro atoms. The quantitative estimate of drug-likeness (QED) is 0.660. The Morgan fingerprint density at radius 2 is 1.84 bits per heavy atom. The molecule has 0 aliphatic carbocycles. The van der Waals surface area contributed by atoms with Crippen molar-refractivity contribution in [3.8, 4) is 11.8 Å². The number of carbonyl (C=O) groups is 1. The highest BCUT2D eigenvalue weighted by Crippen LogP contribution is 2.37. The monoisotopic (exact) mass is 347 g/mol. The fourth-order valence-corrected chi connectivity index (χ4v) is 4.38. The molecule has 4 rings (SSSR count). The third-order valence-corrected chi connectivity index (χ3v) is 5.90. The van der Waals surface area contributed by atoms with Gasteiger partial charge in [0.05, 0.1) is 0 Å². The molecule has 1 aromatic heterocycles. The third-order valence-electron chi connectivity index (χ3n) is 4.75. The van der Waals surface area contributed by atoms with Gasteiger partial charge in [-0.1, -0.05) is 12.0 Å². The van der Waals surface area contributed by atoms with Crippen molar-refractivity contribution in [1.29, 1.82) is 5.41 Å². The van der Waals surface area contributed by atoms with Crippen molar-refractivity contribution in [2.75, 3.05) is 7.05 Å². The number of guanidine groups is 1. The standard InChI is InChI=1S/C20H17N3OS/c1-4-5-12-6-8-16-14(10-12)15-11-13(7-9-17(15)25-16)20(2)18(24)23(3)19(21)22-20/h6-11H,1-3H3,(H2,21,22)/t20-/m1/s1. The maximum atomic E-state index is 12.6. The zero-order valence-electron chi connectivity index (χ0n) is 14.2. The van der Waals surface area contributed by atoms with Gasteiger partial charge in [0.15, 0.2) is 5.96 Å². The molecular formula is C20H17N3OS. The smallest absolute Gasteiger partial charge is 0.259 e. The normalized spacial score (nSPS) is 20.0. The highest BCUT2D eigenvalue weighted by molar-refractivity contribution is 7.25. The summed E-state index contributed by atoms with van der Waals surface area (Å²) in [6.45, 7) is 3.66. The molecule has 0 unspecified atom stereocenters. The molecule has 1 amide bonds. The molecule has 1 fully saturated rings. The van der Waals surface area contributed by atoms with Crippen LogP contribution in [-0.2, 0) is 10.3 Å². The van der Waals surface area contributed by atoms with Crippen molar-refractivity contribution < 1.29 is 4.79 Å². The van der Waals surface area contributed by atoms with Gasteiger partial charge in [0.1, 0.15) is 5.54 Å². The number of thiophene rings is 1. The van der Waals surface area contributed by atoms with Crippen LogP contribution in [0.25, 0.3) is 20.2 Å². The summed E-state index contributed by atoms with van der Waals surface area (Å²) >= 11 is 1.73. The van der Waals surface area contributed by atoms with Gasteiger partial charge in [-0.15, -0.1) is 17.3 Å². The summed E-state index contributed by atoms with van der Waals surface area (Å²) in [5.74, 6) is 6.05. The number of amides is 1. The molecule has 1 atom stereocenters. The second-order valence-corrected chi connectivity index (χ2v) is 7.45. The Morgan fingerprint density at radius 3 is 2.48 bits per heavy atom. The van der Waals surface area contributed by atoms with Gasteiger partial charge in [0.25, 0.3) is 5.91 Å². The van der Waals surface area contributed by atoms with E-state index in [1.54, 1.807) is 18.4 Å². The van der Waals surface area contributed by atoms with Crippen LogP contribution in [0.2, 0.25) is 0 Å². The molecule has 124 valence electrons. The highest BCUT2D eigenvalue weighted by atomic mass is 32.1. The lowest BCUT2D eigenvalue weighted by Gasteiger charge is -2.22. The van der Waals surface area contributed by atoms with E-state index in [0.717, 1.165) is 21.9 Å². The first-order chi connectivity index (χ1) is 11.9. The number of carbonyl (C=O) groups excluding carboxylic acids is 1. The van der Waals surface area contributed by atoms with Gasteiger partial charge in [0, 0.05) is 32.8 Å². The summed E-state index contributed by atoms with van der Waals surface area (Å²) in [6.07, 6.45) is 0. The van der Waals surface area contributed by atoms with Crippen molar-refractivity contribution in [3.05, 3.63) is 47.5 Å². The minimum absolute atomic E-state index is 0.117. The van der Waals surface area contributed by atoms with Gasteiger partial charge in [-0.2, -0.15) is 0 Å². The molecular weight excluding hydrogens is 330 g/mol. The van der Waals surface area contributed by atoms with Crippen LogP contribution in [0.4, 0.5) is 0 Å². The number of rotatable bonds is 1. The van der Waals surface area contributed by atoms with Crippen LogP contribution in [0.15, 0.2) is 36.4 Å². The molecule has 25 heavy (non-hydrogen) atoms. The number of likely N-dealkylation sites (N-methyl/N-ethyl adjacent to an activating group) is 1. The minimum Gasteiger partial charge on any atom is -0.338 e. The van der Waals surface area contributed by atoms with Crippen LogP contribution in [0.3, 0.4) is 0 Å². The Labute approximate surface area is 150 Å². The topological polar surface area (TPSA) is 56.2 Å². The van der Waals surface area contributed by atoms with Crippen molar-refractivity contribution in [2.45, 2.75) is 19.4 Å².